The van der Waals surface area contributed by atoms with Crippen molar-refractivity contribution in [3.63, 3.8) is 0 Å². The van der Waals surface area contributed by atoms with Crippen molar-refractivity contribution >= 4 is 12.0 Å². The number of hydrogen-bond donors (Lipinski definition) is 1. The fourth-order valence-corrected chi connectivity index (χ4v) is 2.21. The number of urea groups is 1. The van der Waals surface area contributed by atoms with E-state index in [0.717, 1.165) is 0 Å². The molecule has 0 bridgehead atoms. The van der Waals surface area contributed by atoms with Crippen LogP contribution >= 0.6 is 0 Å². The fourth-order valence-electron chi connectivity index (χ4n) is 2.21. The van der Waals surface area contributed by atoms with Gasteiger partial charge in [-0.25, -0.2) is 4.79 Å². The molecule has 0 radical (unpaired) electrons. The molecule has 1 N–H and O–H groups in total. The second-order valence-electron chi connectivity index (χ2n) is 5.39. The van der Waals surface area contributed by atoms with Gasteiger partial charge in [-0.05, 0) is 27.2 Å². The summed E-state index contributed by atoms with van der Waals surface area (Å²) >= 11 is 0. The van der Waals surface area contributed by atoms with E-state index < -0.39 is 11.4 Å². The Kier molecular flexibility index (Phi) is 4.76. The van der Waals surface area contributed by atoms with Crippen molar-refractivity contribution in [2.24, 2.45) is 11.3 Å². The van der Waals surface area contributed by atoms with E-state index in [1.165, 1.54) is 0 Å². The van der Waals surface area contributed by atoms with Gasteiger partial charge in [-0.1, -0.05) is 0 Å². The molecule has 0 saturated carbocycles. The van der Waals surface area contributed by atoms with Gasteiger partial charge in [0.05, 0.1) is 17.4 Å². The maximum atomic E-state index is 12.3. The normalized spacial score (nSPS) is 23.8. The van der Waals surface area contributed by atoms with Crippen LogP contribution in [0.15, 0.2) is 0 Å². The molecule has 1 aliphatic rings. The van der Waals surface area contributed by atoms with Gasteiger partial charge in [-0.15, -0.1) is 0 Å². The third-order valence-electron chi connectivity index (χ3n) is 3.63. The molecule has 6 heteroatoms. The van der Waals surface area contributed by atoms with Crippen molar-refractivity contribution in [1.82, 2.24) is 9.80 Å². The topological polar surface area (TPSA) is 84.6 Å². The van der Waals surface area contributed by atoms with Crippen LogP contribution in [0.3, 0.4) is 0 Å². The molecule has 1 aliphatic heterocycles. The molecule has 19 heavy (non-hydrogen) atoms. The molecular weight excluding hydrogens is 246 g/mol. The number of carbonyl (C=O) groups excluding carboxylic acids is 1. The number of carbonyl (C=O) groups is 2. The number of amides is 2. The van der Waals surface area contributed by atoms with Crippen LogP contribution in [0.4, 0.5) is 4.79 Å². The van der Waals surface area contributed by atoms with Gasteiger partial charge in [-0.3, -0.25) is 4.79 Å². The Bertz CT molecular complexity index is 404. The minimum absolute atomic E-state index is 0.172. The van der Waals surface area contributed by atoms with Gasteiger partial charge in [0, 0.05) is 26.2 Å². The standard InChI is InChI=1S/C13H21N3O3/c1-4-15(8-10(2)7-14)12(19)16-6-5-13(3,9-16)11(17)18/h10H,4-6,8-9H2,1-3H3,(H,17,18). The van der Waals surface area contributed by atoms with E-state index in [1.807, 2.05) is 6.92 Å². The highest BCUT2D eigenvalue weighted by molar-refractivity contribution is 5.79. The first-order valence-electron chi connectivity index (χ1n) is 6.51. The molecular formula is C13H21N3O3. The summed E-state index contributed by atoms with van der Waals surface area (Å²) < 4.78 is 0. The Morgan fingerprint density at radius 1 is 1.58 bits per heavy atom. The summed E-state index contributed by atoms with van der Waals surface area (Å²) in [6, 6.07) is 1.93. The molecule has 1 rings (SSSR count). The summed E-state index contributed by atoms with van der Waals surface area (Å²) in [5, 5.41) is 18.0. The van der Waals surface area contributed by atoms with Crippen LogP contribution in [0, 0.1) is 22.7 Å². The Morgan fingerprint density at radius 2 is 2.21 bits per heavy atom. The van der Waals surface area contributed by atoms with Gasteiger partial charge in [0.1, 0.15) is 0 Å². The average Bonchev–Trinajstić information content (AvgIpc) is 2.79. The maximum Gasteiger partial charge on any atom is 0.320 e. The molecule has 2 amide bonds. The SMILES string of the molecule is CCN(CC(C)C#N)C(=O)N1CCC(C)(C(=O)O)C1. The Labute approximate surface area is 113 Å². The van der Waals surface area contributed by atoms with Gasteiger partial charge in [0.2, 0.25) is 0 Å². The molecule has 0 spiro atoms. The Hall–Kier alpha value is -1.77. The molecule has 2 unspecified atom stereocenters. The number of rotatable bonds is 4. The van der Waals surface area contributed by atoms with Crippen LogP contribution in [0.2, 0.25) is 0 Å². The molecule has 2 atom stereocenters. The lowest BCUT2D eigenvalue weighted by Gasteiger charge is -2.28. The van der Waals surface area contributed by atoms with Crippen molar-refractivity contribution in [2.75, 3.05) is 26.2 Å². The quantitative estimate of drug-likeness (QED) is 0.834. The lowest BCUT2D eigenvalue weighted by atomic mass is 9.90. The van der Waals surface area contributed by atoms with E-state index in [1.54, 1.807) is 23.6 Å². The highest BCUT2D eigenvalue weighted by atomic mass is 16.4. The average molecular weight is 267 g/mol. The number of carboxylic acid groups (broad SMARTS) is 1. The largest absolute Gasteiger partial charge is 0.481 e. The van der Waals surface area contributed by atoms with Crippen molar-refractivity contribution in [3.8, 4) is 6.07 Å². The van der Waals surface area contributed by atoms with Gasteiger partial charge in [0.25, 0.3) is 0 Å². The van der Waals surface area contributed by atoms with E-state index in [9.17, 15) is 9.59 Å². The van der Waals surface area contributed by atoms with Crippen molar-refractivity contribution in [1.29, 1.82) is 5.26 Å². The minimum atomic E-state index is -0.865. The molecule has 6 nitrogen and oxygen atoms in total. The first-order valence-corrected chi connectivity index (χ1v) is 6.51. The Balaban J connectivity index is 2.68. The number of likely N-dealkylation sites (tertiary alicyclic amines) is 1. The van der Waals surface area contributed by atoms with Gasteiger partial charge < -0.3 is 14.9 Å². The lowest BCUT2D eigenvalue weighted by molar-refractivity contribution is -0.147. The van der Waals surface area contributed by atoms with Crippen molar-refractivity contribution in [2.45, 2.75) is 27.2 Å². The monoisotopic (exact) mass is 267 g/mol. The maximum absolute atomic E-state index is 12.3. The van der Waals surface area contributed by atoms with E-state index in [-0.39, 0.29) is 18.5 Å². The van der Waals surface area contributed by atoms with Crippen molar-refractivity contribution in [3.05, 3.63) is 0 Å². The number of carboxylic acids is 1. The smallest absolute Gasteiger partial charge is 0.320 e. The molecule has 1 fully saturated rings. The predicted octanol–water partition coefficient (Wildman–Crippen LogP) is 1.38. The molecule has 106 valence electrons. The zero-order valence-corrected chi connectivity index (χ0v) is 11.7. The second kappa shape index (κ2) is 5.91. The van der Waals surface area contributed by atoms with Crippen LogP contribution < -0.4 is 0 Å². The predicted molar refractivity (Wildman–Crippen MR) is 69.4 cm³/mol. The zero-order chi connectivity index (χ0) is 14.6. The second-order valence-corrected chi connectivity index (χ2v) is 5.39. The van der Waals surface area contributed by atoms with Crippen LogP contribution in [0.25, 0.3) is 0 Å². The third kappa shape index (κ3) is 3.37. The van der Waals surface area contributed by atoms with E-state index in [2.05, 4.69) is 6.07 Å². The zero-order valence-electron chi connectivity index (χ0n) is 11.7. The molecule has 0 aromatic heterocycles. The molecule has 1 saturated heterocycles. The van der Waals surface area contributed by atoms with Crippen molar-refractivity contribution < 1.29 is 14.7 Å². The summed E-state index contributed by atoms with van der Waals surface area (Å²) in [5.41, 5.74) is -0.851. The summed E-state index contributed by atoms with van der Waals surface area (Å²) in [5.74, 6) is -1.09. The Morgan fingerprint density at radius 3 is 2.63 bits per heavy atom. The van der Waals surface area contributed by atoms with Crippen LogP contribution in [-0.2, 0) is 4.79 Å². The molecule has 0 aliphatic carbocycles. The number of hydrogen-bond acceptors (Lipinski definition) is 3. The summed E-state index contributed by atoms with van der Waals surface area (Å²) in [6.45, 7) is 6.88. The fraction of sp³-hybridized carbons (Fsp3) is 0.769. The molecule has 1 heterocycles. The first kappa shape index (κ1) is 15.3. The van der Waals surface area contributed by atoms with Gasteiger partial charge in [0.15, 0.2) is 0 Å². The number of nitrogens with zero attached hydrogens (tertiary/aromatic N) is 3. The number of aliphatic carboxylic acids is 1. The summed E-state index contributed by atoms with van der Waals surface area (Å²) in [7, 11) is 0. The highest BCUT2D eigenvalue weighted by Gasteiger charge is 2.42. The van der Waals surface area contributed by atoms with Crippen LogP contribution in [0.5, 0.6) is 0 Å². The lowest BCUT2D eigenvalue weighted by Crippen LogP contribution is -2.45. The first-order chi connectivity index (χ1) is 8.84. The van der Waals surface area contributed by atoms with E-state index in [4.69, 9.17) is 10.4 Å². The van der Waals surface area contributed by atoms with Crippen LogP contribution in [-0.4, -0.2) is 53.1 Å². The van der Waals surface area contributed by atoms with E-state index >= 15 is 0 Å². The molecule has 0 aromatic rings. The number of nitriles is 1. The summed E-state index contributed by atoms with van der Waals surface area (Å²) in [6.07, 6.45) is 0.472. The minimum Gasteiger partial charge on any atom is -0.481 e. The highest BCUT2D eigenvalue weighted by Crippen LogP contribution is 2.30. The van der Waals surface area contributed by atoms with Gasteiger partial charge >= 0.3 is 12.0 Å². The van der Waals surface area contributed by atoms with Crippen LogP contribution in [0.1, 0.15) is 27.2 Å². The summed E-state index contributed by atoms with van der Waals surface area (Å²) in [4.78, 5) is 26.6. The third-order valence-corrected chi connectivity index (χ3v) is 3.63. The molecule has 0 aromatic carbocycles. The van der Waals surface area contributed by atoms with Gasteiger partial charge in [-0.2, -0.15) is 5.26 Å². The van der Waals surface area contributed by atoms with E-state index in [0.29, 0.717) is 26.1 Å².